The van der Waals surface area contributed by atoms with Crippen LogP contribution in [0.5, 0.6) is 5.75 Å². The van der Waals surface area contributed by atoms with Crippen LogP contribution in [0.15, 0.2) is 46.8 Å². The summed E-state index contributed by atoms with van der Waals surface area (Å²) in [5, 5.41) is 22.1. The van der Waals surface area contributed by atoms with Crippen LogP contribution in [0, 0.1) is 18.3 Å². The van der Waals surface area contributed by atoms with Crippen LogP contribution in [0.1, 0.15) is 35.6 Å². The number of nitriles is 1. The van der Waals surface area contributed by atoms with E-state index in [1.165, 1.54) is 22.1 Å². The molecule has 0 aliphatic carbocycles. The number of anilines is 1. The van der Waals surface area contributed by atoms with Crippen LogP contribution in [-0.2, 0) is 6.54 Å². The number of ether oxygens (including phenoxy) is 1. The number of carboxylic acid groups (broad SMARTS) is 1. The SMILES string of the molecule is Cc1nc2cnc(N3CCN(CCF)C(C)(C)C3)c(C#N)c2c(=O)n1CCOc1ccc(Cl)cc1-c1ccnc2c(C(=O)O)csc12. The molecule has 5 aromatic rings. The van der Waals surface area contributed by atoms with Crippen molar-refractivity contribution in [1.29, 1.82) is 5.26 Å². The number of carbonyl (C=O) groups is 1. The van der Waals surface area contributed by atoms with Gasteiger partial charge < -0.3 is 14.7 Å². The number of aromatic carboxylic acids is 1. The minimum absolute atomic E-state index is 0.0894. The van der Waals surface area contributed by atoms with Gasteiger partial charge in [0, 0.05) is 59.4 Å². The summed E-state index contributed by atoms with van der Waals surface area (Å²) in [6.45, 7) is 7.53. The number of benzene rings is 1. The monoisotopic (exact) mass is 675 g/mol. The molecule has 0 atom stereocenters. The molecule has 1 aliphatic heterocycles. The Morgan fingerprint density at radius 2 is 2.02 bits per heavy atom. The fourth-order valence-corrected chi connectivity index (χ4v) is 7.39. The molecule has 0 radical (unpaired) electrons. The Labute approximate surface area is 278 Å². The minimum Gasteiger partial charge on any atom is -0.491 e. The first-order valence-electron chi connectivity index (χ1n) is 14.9. The molecule has 1 fully saturated rings. The molecule has 0 amide bonds. The normalized spacial score (nSPS) is 14.9. The molecule has 0 bridgehead atoms. The van der Waals surface area contributed by atoms with Crippen LogP contribution in [0.3, 0.4) is 0 Å². The number of pyridine rings is 2. The van der Waals surface area contributed by atoms with Crippen LogP contribution in [0.2, 0.25) is 5.02 Å². The number of hydrogen-bond acceptors (Lipinski definition) is 10. The van der Waals surface area contributed by atoms with Crippen molar-refractivity contribution < 1.29 is 19.0 Å². The summed E-state index contributed by atoms with van der Waals surface area (Å²) < 4.78 is 21.5. The Bertz CT molecular complexity index is 2130. The maximum Gasteiger partial charge on any atom is 0.338 e. The Kier molecular flexibility index (Phi) is 8.84. The third-order valence-electron chi connectivity index (χ3n) is 8.50. The number of fused-ring (bicyclic) bond motifs is 2. The van der Waals surface area contributed by atoms with E-state index in [-0.39, 0.29) is 40.8 Å². The van der Waals surface area contributed by atoms with Gasteiger partial charge in [-0.15, -0.1) is 11.3 Å². The van der Waals surface area contributed by atoms with Gasteiger partial charge in [-0.25, -0.2) is 19.2 Å². The number of nitrogens with zero attached hydrogens (tertiary/aromatic N) is 7. The summed E-state index contributed by atoms with van der Waals surface area (Å²) in [4.78, 5) is 43.2. The van der Waals surface area contributed by atoms with E-state index in [9.17, 15) is 24.3 Å². The van der Waals surface area contributed by atoms with Gasteiger partial charge in [0.2, 0.25) is 0 Å². The van der Waals surface area contributed by atoms with E-state index in [1.807, 2.05) is 18.7 Å². The van der Waals surface area contributed by atoms with E-state index >= 15 is 0 Å². The highest BCUT2D eigenvalue weighted by Gasteiger charge is 2.35. The first kappa shape index (κ1) is 32.3. The summed E-state index contributed by atoms with van der Waals surface area (Å²) in [6.07, 6.45) is 3.07. The first-order chi connectivity index (χ1) is 22.5. The van der Waals surface area contributed by atoms with Crippen molar-refractivity contribution in [1.82, 2.24) is 24.4 Å². The first-order valence-corrected chi connectivity index (χ1v) is 16.2. The summed E-state index contributed by atoms with van der Waals surface area (Å²) in [5.74, 6) is 0.283. The number of aryl methyl sites for hydroxylation is 1. The number of hydrogen-bond donors (Lipinski definition) is 1. The van der Waals surface area contributed by atoms with Gasteiger partial charge in [-0.2, -0.15) is 5.26 Å². The van der Waals surface area contributed by atoms with Gasteiger partial charge in [-0.3, -0.25) is 19.2 Å². The number of thiophene rings is 1. The molecule has 0 saturated carbocycles. The van der Waals surface area contributed by atoms with Crippen molar-refractivity contribution in [2.75, 3.05) is 44.4 Å². The van der Waals surface area contributed by atoms with E-state index in [2.05, 4.69) is 25.9 Å². The molecule has 47 heavy (non-hydrogen) atoms. The molecule has 1 N–H and O–H groups in total. The second-order valence-electron chi connectivity index (χ2n) is 11.8. The lowest BCUT2D eigenvalue weighted by Gasteiger charge is -2.47. The van der Waals surface area contributed by atoms with Gasteiger partial charge in [-0.05, 0) is 45.0 Å². The molecule has 0 unspecified atom stereocenters. The molecule has 1 aliphatic rings. The van der Waals surface area contributed by atoms with Crippen LogP contribution < -0.4 is 15.2 Å². The van der Waals surface area contributed by atoms with Crippen molar-refractivity contribution in [2.24, 2.45) is 0 Å². The van der Waals surface area contributed by atoms with Crippen LogP contribution >= 0.6 is 22.9 Å². The van der Waals surface area contributed by atoms with E-state index in [4.69, 9.17) is 16.3 Å². The lowest BCUT2D eigenvalue weighted by atomic mass is 9.98. The summed E-state index contributed by atoms with van der Waals surface area (Å²) in [6, 6.07) is 9.15. The number of rotatable bonds is 9. The van der Waals surface area contributed by atoms with Crippen LogP contribution in [0.4, 0.5) is 10.2 Å². The molecule has 1 aromatic carbocycles. The zero-order valence-electron chi connectivity index (χ0n) is 26.0. The third kappa shape index (κ3) is 6.00. The average molecular weight is 676 g/mol. The molecule has 5 heterocycles. The minimum atomic E-state index is -1.06. The lowest BCUT2D eigenvalue weighted by molar-refractivity contribution is 0.0699. The topological polar surface area (TPSA) is 137 Å². The molecule has 11 nitrogen and oxygen atoms in total. The van der Waals surface area contributed by atoms with Gasteiger partial charge >= 0.3 is 5.97 Å². The van der Waals surface area contributed by atoms with Gasteiger partial charge in [0.1, 0.15) is 42.3 Å². The predicted octanol–water partition coefficient (Wildman–Crippen LogP) is 5.55. The summed E-state index contributed by atoms with van der Waals surface area (Å²) >= 11 is 7.64. The number of carboxylic acids is 1. The molecule has 242 valence electrons. The highest BCUT2D eigenvalue weighted by molar-refractivity contribution is 7.18. The Morgan fingerprint density at radius 1 is 1.21 bits per heavy atom. The Hall–Kier alpha value is -4.64. The smallest absolute Gasteiger partial charge is 0.338 e. The Balaban J connectivity index is 1.30. The van der Waals surface area contributed by atoms with Gasteiger partial charge in [0.15, 0.2) is 0 Å². The molecular formula is C33H31ClFN7O4S. The van der Waals surface area contributed by atoms with Crippen molar-refractivity contribution in [3.05, 3.63) is 74.4 Å². The maximum absolute atomic E-state index is 14.0. The second kappa shape index (κ2) is 12.9. The quantitative estimate of drug-likeness (QED) is 0.212. The molecular weight excluding hydrogens is 645 g/mol. The second-order valence-corrected chi connectivity index (χ2v) is 13.2. The number of aromatic nitrogens is 4. The largest absolute Gasteiger partial charge is 0.491 e. The van der Waals surface area contributed by atoms with Crippen LogP contribution in [-0.4, -0.2) is 80.5 Å². The van der Waals surface area contributed by atoms with Crippen molar-refractivity contribution in [3.63, 3.8) is 0 Å². The molecule has 0 spiro atoms. The molecule has 14 heteroatoms. The van der Waals surface area contributed by atoms with Gasteiger partial charge in [0.05, 0.1) is 39.4 Å². The van der Waals surface area contributed by atoms with E-state index < -0.39 is 12.6 Å². The fraction of sp³-hybridized carbons (Fsp3) is 0.333. The van der Waals surface area contributed by atoms with Crippen molar-refractivity contribution >= 4 is 55.8 Å². The summed E-state index contributed by atoms with van der Waals surface area (Å²) in [5.41, 5.74) is 1.62. The van der Waals surface area contributed by atoms with Gasteiger partial charge in [-0.1, -0.05) is 11.6 Å². The zero-order valence-corrected chi connectivity index (χ0v) is 27.5. The fourth-order valence-electron chi connectivity index (χ4n) is 6.19. The molecule has 4 aromatic heterocycles. The maximum atomic E-state index is 14.0. The van der Waals surface area contributed by atoms with Crippen molar-refractivity contribution in [2.45, 2.75) is 32.9 Å². The number of halogens is 2. The average Bonchev–Trinajstić information content (AvgIpc) is 3.48. The highest BCUT2D eigenvalue weighted by Crippen LogP contribution is 2.39. The standard InChI is InChI=1S/C33H31ClFN7O4S/c1-19-39-25-16-38-30(40-10-11-41(9-7-35)33(2,3)18-40)23(15-36)27(25)31(43)42(19)12-13-46-26-5-4-20(34)14-22(26)21-6-8-37-28-24(32(44)45)17-47-29(21)28/h4-6,8,14,16-17H,7,9-13,18H2,1-3H3,(H,44,45). The van der Waals surface area contributed by atoms with Crippen molar-refractivity contribution in [3.8, 4) is 22.9 Å². The molecule has 6 rings (SSSR count). The zero-order chi connectivity index (χ0) is 33.5. The van der Waals surface area contributed by atoms with E-state index in [0.717, 1.165) is 5.56 Å². The van der Waals surface area contributed by atoms with E-state index in [1.54, 1.807) is 42.8 Å². The number of alkyl halides is 1. The van der Waals surface area contributed by atoms with E-state index in [0.29, 0.717) is 69.9 Å². The highest BCUT2D eigenvalue weighted by atomic mass is 35.5. The van der Waals surface area contributed by atoms with Crippen LogP contribution in [0.25, 0.3) is 32.2 Å². The molecule has 1 saturated heterocycles. The third-order valence-corrected chi connectivity index (χ3v) is 9.74. The predicted molar refractivity (Wildman–Crippen MR) is 180 cm³/mol. The van der Waals surface area contributed by atoms with Gasteiger partial charge in [0.25, 0.3) is 5.56 Å². The summed E-state index contributed by atoms with van der Waals surface area (Å²) in [7, 11) is 0. The Morgan fingerprint density at radius 3 is 2.74 bits per heavy atom. The number of piperazine rings is 1. The lowest BCUT2D eigenvalue weighted by Crippen LogP contribution is -2.60.